The highest BCUT2D eigenvalue weighted by atomic mass is 35.5. The molecule has 3 aromatic carbocycles. The maximum atomic E-state index is 12.7. The van der Waals surface area contributed by atoms with Crippen molar-refractivity contribution in [3.8, 4) is 6.07 Å². The molecule has 5 heteroatoms. The van der Waals surface area contributed by atoms with E-state index in [1.807, 2.05) is 42.5 Å². The molecule has 0 bridgehead atoms. The molecule has 3 rings (SSSR count). The van der Waals surface area contributed by atoms with Crippen LogP contribution in [0.1, 0.15) is 5.56 Å². The van der Waals surface area contributed by atoms with E-state index in [4.69, 9.17) is 11.6 Å². The van der Waals surface area contributed by atoms with Gasteiger partial charge in [0.15, 0.2) is 0 Å². The molecule has 0 aliphatic heterocycles. The summed E-state index contributed by atoms with van der Waals surface area (Å²) in [6.07, 6.45) is 1.41. The molecule has 0 aliphatic rings. The third kappa shape index (κ3) is 3.05. The van der Waals surface area contributed by atoms with Crippen molar-refractivity contribution >= 4 is 38.3 Å². The molecule has 0 spiro atoms. The summed E-state index contributed by atoms with van der Waals surface area (Å²) < 4.78 is 25.4. The van der Waals surface area contributed by atoms with E-state index in [1.54, 1.807) is 6.07 Å². The Bertz CT molecular complexity index is 1070. The van der Waals surface area contributed by atoms with Crippen molar-refractivity contribution < 1.29 is 8.42 Å². The third-order valence-corrected chi connectivity index (χ3v) is 5.57. The summed E-state index contributed by atoms with van der Waals surface area (Å²) in [4.78, 5) is -0.263. The minimum atomic E-state index is -3.89. The van der Waals surface area contributed by atoms with Crippen molar-refractivity contribution in [1.82, 2.24) is 0 Å². The van der Waals surface area contributed by atoms with Gasteiger partial charge in [-0.1, -0.05) is 54.1 Å². The number of fused-ring (bicyclic) bond motifs is 1. The van der Waals surface area contributed by atoms with E-state index in [2.05, 4.69) is 0 Å². The summed E-state index contributed by atoms with van der Waals surface area (Å²) in [5.41, 5.74) is 0.683. The average molecular weight is 354 g/mol. The van der Waals surface area contributed by atoms with E-state index in [0.29, 0.717) is 10.6 Å². The van der Waals surface area contributed by atoms with Crippen LogP contribution in [0.4, 0.5) is 0 Å². The van der Waals surface area contributed by atoms with Crippen LogP contribution in [-0.2, 0) is 9.84 Å². The third-order valence-electron chi connectivity index (χ3n) is 3.63. The highest BCUT2D eigenvalue weighted by Crippen LogP contribution is 2.26. The standard InChI is InChI=1S/C19H12ClNO2S/c20-16-8-10-17(11-9-16)24(22,23)18(13-21)12-15-6-3-5-14-4-1-2-7-19(14)15/h1-12H. The van der Waals surface area contributed by atoms with Crippen molar-refractivity contribution in [2.75, 3.05) is 0 Å². The zero-order chi connectivity index (χ0) is 17.2. The van der Waals surface area contributed by atoms with Gasteiger partial charge in [0.05, 0.1) is 4.90 Å². The molecule has 118 valence electrons. The predicted octanol–water partition coefficient (Wildman–Crippen LogP) is 4.83. The monoisotopic (exact) mass is 353 g/mol. The molecule has 0 fully saturated rings. The number of hydrogen-bond donors (Lipinski definition) is 0. The molecule has 0 unspecified atom stereocenters. The lowest BCUT2D eigenvalue weighted by Crippen LogP contribution is -2.03. The summed E-state index contributed by atoms with van der Waals surface area (Å²) in [5, 5.41) is 11.7. The molecular weight excluding hydrogens is 342 g/mol. The first-order valence-corrected chi connectivity index (χ1v) is 8.99. The Kier molecular flexibility index (Phi) is 4.39. The number of rotatable bonds is 3. The molecule has 0 N–H and O–H groups in total. The fraction of sp³-hybridized carbons (Fsp3) is 0. The molecule has 0 atom stereocenters. The van der Waals surface area contributed by atoms with Crippen LogP contribution in [0.15, 0.2) is 76.5 Å². The molecule has 0 saturated carbocycles. The summed E-state index contributed by atoms with van der Waals surface area (Å²) >= 11 is 5.80. The Morgan fingerprint density at radius 3 is 2.33 bits per heavy atom. The molecule has 0 heterocycles. The van der Waals surface area contributed by atoms with Gasteiger partial charge >= 0.3 is 0 Å². The second kappa shape index (κ2) is 6.48. The van der Waals surface area contributed by atoms with Crippen LogP contribution in [0.25, 0.3) is 16.8 Å². The number of halogens is 1. The van der Waals surface area contributed by atoms with Crippen LogP contribution in [0.5, 0.6) is 0 Å². The molecule has 3 nitrogen and oxygen atoms in total. The first-order chi connectivity index (χ1) is 11.5. The van der Waals surface area contributed by atoms with Gasteiger partial charge in [0, 0.05) is 5.02 Å². The summed E-state index contributed by atoms with van der Waals surface area (Å²) in [5.74, 6) is 0. The topological polar surface area (TPSA) is 57.9 Å². The molecular formula is C19H12ClNO2S. The Labute approximate surface area is 145 Å². The number of allylic oxidation sites excluding steroid dienone is 1. The lowest BCUT2D eigenvalue weighted by atomic mass is 10.0. The molecule has 0 amide bonds. The normalized spacial score (nSPS) is 12.1. The van der Waals surface area contributed by atoms with E-state index in [9.17, 15) is 13.7 Å². The van der Waals surface area contributed by atoms with Crippen LogP contribution >= 0.6 is 11.6 Å². The number of sulfone groups is 1. The zero-order valence-corrected chi connectivity index (χ0v) is 14.1. The van der Waals surface area contributed by atoms with Gasteiger partial charge in [-0.05, 0) is 46.7 Å². The van der Waals surface area contributed by atoms with Crippen molar-refractivity contribution in [3.63, 3.8) is 0 Å². The lowest BCUT2D eigenvalue weighted by molar-refractivity contribution is 0.603. The molecule has 0 saturated heterocycles. The minimum Gasteiger partial charge on any atom is -0.218 e. The largest absolute Gasteiger partial charge is 0.218 e. The number of nitrogens with zero attached hydrogens (tertiary/aromatic N) is 1. The van der Waals surface area contributed by atoms with Crippen molar-refractivity contribution in [2.24, 2.45) is 0 Å². The first-order valence-electron chi connectivity index (χ1n) is 7.12. The fourth-order valence-corrected chi connectivity index (χ4v) is 3.70. The summed E-state index contributed by atoms with van der Waals surface area (Å²) in [6.45, 7) is 0. The molecule has 0 radical (unpaired) electrons. The van der Waals surface area contributed by atoms with E-state index < -0.39 is 9.84 Å². The molecule has 24 heavy (non-hydrogen) atoms. The highest BCUT2D eigenvalue weighted by molar-refractivity contribution is 7.95. The van der Waals surface area contributed by atoms with Gasteiger partial charge in [-0.3, -0.25) is 0 Å². The zero-order valence-electron chi connectivity index (χ0n) is 12.5. The van der Waals surface area contributed by atoms with Gasteiger partial charge in [0.25, 0.3) is 0 Å². The van der Waals surface area contributed by atoms with Gasteiger partial charge < -0.3 is 0 Å². The molecule has 0 aliphatic carbocycles. The lowest BCUT2D eigenvalue weighted by Gasteiger charge is -2.05. The van der Waals surface area contributed by atoms with Crippen molar-refractivity contribution in [2.45, 2.75) is 4.90 Å². The minimum absolute atomic E-state index is 0.0416. The average Bonchev–Trinajstić information content (AvgIpc) is 2.60. The second-order valence-corrected chi connectivity index (χ2v) is 7.50. The first kappa shape index (κ1) is 16.3. The van der Waals surface area contributed by atoms with Gasteiger partial charge in [-0.15, -0.1) is 0 Å². The van der Waals surface area contributed by atoms with Gasteiger partial charge in [0.2, 0.25) is 9.84 Å². The summed E-state index contributed by atoms with van der Waals surface area (Å²) in [6, 6.07) is 20.7. The maximum Gasteiger partial charge on any atom is 0.216 e. The van der Waals surface area contributed by atoms with Gasteiger partial charge in [-0.25, -0.2) is 8.42 Å². The maximum absolute atomic E-state index is 12.7. The Balaban J connectivity index is 2.16. The van der Waals surface area contributed by atoms with Gasteiger partial charge in [0.1, 0.15) is 11.0 Å². The second-order valence-electron chi connectivity index (χ2n) is 5.15. The highest BCUT2D eigenvalue weighted by Gasteiger charge is 2.21. The van der Waals surface area contributed by atoms with Crippen LogP contribution in [0.3, 0.4) is 0 Å². The predicted molar refractivity (Wildman–Crippen MR) is 96.2 cm³/mol. The number of nitriles is 1. The Morgan fingerprint density at radius 1 is 0.958 bits per heavy atom. The summed E-state index contributed by atoms with van der Waals surface area (Å²) in [7, 11) is -3.89. The van der Waals surface area contributed by atoms with E-state index in [0.717, 1.165) is 10.8 Å². The molecule has 0 aromatic heterocycles. The van der Waals surface area contributed by atoms with E-state index in [-0.39, 0.29) is 9.80 Å². The van der Waals surface area contributed by atoms with Crippen LogP contribution < -0.4 is 0 Å². The van der Waals surface area contributed by atoms with E-state index in [1.165, 1.54) is 30.3 Å². The smallest absolute Gasteiger partial charge is 0.216 e. The van der Waals surface area contributed by atoms with Crippen molar-refractivity contribution in [3.05, 3.63) is 82.2 Å². The SMILES string of the molecule is N#CC(=Cc1cccc2ccccc12)S(=O)(=O)c1ccc(Cl)cc1. The van der Waals surface area contributed by atoms with Crippen LogP contribution in [-0.4, -0.2) is 8.42 Å². The van der Waals surface area contributed by atoms with Crippen LogP contribution in [0.2, 0.25) is 5.02 Å². The van der Waals surface area contributed by atoms with E-state index >= 15 is 0 Å². The fourth-order valence-electron chi connectivity index (χ4n) is 2.43. The number of benzene rings is 3. The number of hydrogen-bond acceptors (Lipinski definition) is 3. The van der Waals surface area contributed by atoms with Crippen molar-refractivity contribution in [1.29, 1.82) is 5.26 Å². The quantitative estimate of drug-likeness (QED) is 0.633. The molecule has 3 aromatic rings. The Morgan fingerprint density at radius 2 is 1.62 bits per heavy atom. The van der Waals surface area contributed by atoms with Gasteiger partial charge in [-0.2, -0.15) is 5.26 Å². The Hall–Kier alpha value is -2.61. The van der Waals surface area contributed by atoms with Crippen LogP contribution in [0, 0.1) is 11.3 Å².